The zero-order chi connectivity index (χ0) is 17.9. The Balaban J connectivity index is 1.38. The number of hydrogen-bond acceptors (Lipinski definition) is 7. The third kappa shape index (κ3) is 3.48. The Morgan fingerprint density at radius 3 is 2.92 bits per heavy atom. The van der Waals surface area contributed by atoms with Crippen LogP contribution >= 0.6 is 11.3 Å². The summed E-state index contributed by atoms with van der Waals surface area (Å²) in [4.78, 5) is 15.3. The van der Waals surface area contributed by atoms with Gasteiger partial charge in [-0.2, -0.15) is 0 Å². The van der Waals surface area contributed by atoms with E-state index in [-0.39, 0.29) is 24.7 Å². The van der Waals surface area contributed by atoms with Crippen molar-refractivity contribution in [3.8, 4) is 23.0 Å². The molecule has 0 saturated heterocycles. The fourth-order valence-corrected chi connectivity index (χ4v) is 3.40. The zero-order valence-electron chi connectivity index (χ0n) is 13.7. The van der Waals surface area contributed by atoms with Crippen molar-refractivity contribution in [3.63, 3.8) is 0 Å². The number of ether oxygens (including phenoxy) is 3. The number of thiazole rings is 1. The number of carbonyl (C=O) groups excluding carboxylic acids is 1. The lowest BCUT2D eigenvalue weighted by Crippen LogP contribution is -1.97. The molecule has 4 rings (SSSR count). The van der Waals surface area contributed by atoms with E-state index in [0.717, 1.165) is 27.8 Å². The van der Waals surface area contributed by atoms with E-state index >= 15 is 0 Å². The number of phenolic OH excluding ortho intramolecular Hbond substituents is 1. The summed E-state index contributed by atoms with van der Waals surface area (Å²) in [5.41, 5.74) is 2.15. The number of aromatic nitrogens is 1. The van der Waals surface area contributed by atoms with Crippen LogP contribution in [0.2, 0.25) is 0 Å². The molecule has 0 amide bonds. The van der Waals surface area contributed by atoms with Crippen molar-refractivity contribution in [2.24, 2.45) is 0 Å². The summed E-state index contributed by atoms with van der Waals surface area (Å²) >= 11 is 1.56. The maximum Gasteiger partial charge on any atom is 0.231 e. The summed E-state index contributed by atoms with van der Waals surface area (Å²) in [6, 6.07) is 10.5. The number of carbonyl (C=O) groups is 1. The molecule has 132 valence electrons. The minimum absolute atomic E-state index is 0.0979. The first-order valence-corrected chi connectivity index (χ1v) is 8.82. The topological polar surface area (TPSA) is 77.9 Å². The lowest BCUT2D eigenvalue weighted by molar-refractivity contribution is 0.112. The van der Waals surface area contributed by atoms with Crippen molar-refractivity contribution in [1.29, 1.82) is 0 Å². The molecular weight excluding hydrogens is 354 g/mol. The lowest BCUT2D eigenvalue weighted by Gasteiger charge is -2.05. The molecule has 0 radical (unpaired) electrons. The van der Waals surface area contributed by atoms with Crippen LogP contribution in [-0.4, -0.2) is 23.2 Å². The Hall–Kier alpha value is -3.06. The number of hydrogen-bond donors (Lipinski definition) is 1. The Morgan fingerprint density at radius 2 is 2.08 bits per heavy atom. The van der Waals surface area contributed by atoms with Crippen LogP contribution in [0.1, 0.15) is 26.6 Å². The number of nitrogens with zero attached hydrogens (tertiary/aromatic N) is 1. The van der Waals surface area contributed by atoms with E-state index in [1.165, 1.54) is 12.1 Å². The predicted octanol–water partition coefficient (Wildman–Crippen LogP) is 3.56. The molecule has 1 N–H and O–H groups in total. The first-order chi connectivity index (χ1) is 12.7. The fraction of sp³-hybridized carbons (Fsp3) is 0.158. The standard InChI is InChI=1S/C19H15NO5S/c21-8-13-2-3-15(7-16(13)22)23-9-14-10-26-19(20-14)6-12-1-4-17-18(5-12)25-11-24-17/h1-5,7-8,10,22H,6,9,11H2. The monoisotopic (exact) mass is 369 g/mol. The van der Waals surface area contributed by atoms with Gasteiger partial charge in [0.1, 0.15) is 18.1 Å². The van der Waals surface area contributed by atoms with E-state index in [2.05, 4.69) is 4.98 Å². The van der Waals surface area contributed by atoms with Crippen molar-refractivity contribution in [3.05, 3.63) is 63.6 Å². The third-order valence-electron chi connectivity index (χ3n) is 3.91. The summed E-state index contributed by atoms with van der Waals surface area (Å²) < 4.78 is 16.3. The first-order valence-electron chi connectivity index (χ1n) is 7.94. The minimum atomic E-state index is -0.0979. The van der Waals surface area contributed by atoms with Crippen LogP contribution in [0.25, 0.3) is 0 Å². The predicted molar refractivity (Wildman–Crippen MR) is 95.3 cm³/mol. The summed E-state index contributed by atoms with van der Waals surface area (Å²) in [5.74, 6) is 1.92. The van der Waals surface area contributed by atoms with Gasteiger partial charge >= 0.3 is 0 Å². The molecule has 2 heterocycles. The van der Waals surface area contributed by atoms with Crippen molar-refractivity contribution >= 4 is 17.6 Å². The molecule has 6 nitrogen and oxygen atoms in total. The average molecular weight is 369 g/mol. The van der Waals surface area contributed by atoms with Gasteiger partial charge in [-0.25, -0.2) is 4.98 Å². The molecule has 2 aromatic carbocycles. The number of fused-ring (bicyclic) bond motifs is 1. The summed E-state index contributed by atoms with van der Waals surface area (Å²) in [5, 5.41) is 12.6. The lowest BCUT2D eigenvalue weighted by atomic mass is 10.1. The van der Waals surface area contributed by atoms with Gasteiger partial charge in [-0.15, -0.1) is 11.3 Å². The van der Waals surface area contributed by atoms with Crippen molar-refractivity contribution in [2.45, 2.75) is 13.0 Å². The molecule has 1 aliphatic rings. The van der Waals surface area contributed by atoms with Crippen LogP contribution in [0, 0.1) is 0 Å². The molecule has 7 heteroatoms. The van der Waals surface area contributed by atoms with E-state index < -0.39 is 0 Å². The molecule has 26 heavy (non-hydrogen) atoms. The molecule has 0 atom stereocenters. The van der Waals surface area contributed by atoms with Crippen LogP contribution in [-0.2, 0) is 13.0 Å². The Labute approximate surface area is 153 Å². The van der Waals surface area contributed by atoms with Crippen molar-refractivity contribution < 1.29 is 24.1 Å². The van der Waals surface area contributed by atoms with Gasteiger partial charge in [0.2, 0.25) is 6.79 Å². The van der Waals surface area contributed by atoms with E-state index in [0.29, 0.717) is 18.5 Å². The molecule has 0 saturated carbocycles. The second-order valence-corrected chi connectivity index (χ2v) is 6.67. The summed E-state index contributed by atoms with van der Waals surface area (Å²) in [6.45, 7) is 0.554. The molecule has 0 spiro atoms. The van der Waals surface area contributed by atoms with E-state index in [4.69, 9.17) is 14.2 Å². The highest BCUT2D eigenvalue weighted by Crippen LogP contribution is 2.33. The minimum Gasteiger partial charge on any atom is -0.507 e. The fourth-order valence-electron chi connectivity index (χ4n) is 2.59. The van der Waals surface area contributed by atoms with Crippen LogP contribution < -0.4 is 14.2 Å². The van der Waals surface area contributed by atoms with Crippen LogP contribution in [0.4, 0.5) is 0 Å². The largest absolute Gasteiger partial charge is 0.507 e. The molecule has 1 aromatic heterocycles. The maximum atomic E-state index is 10.7. The number of rotatable bonds is 6. The summed E-state index contributed by atoms with van der Waals surface area (Å²) in [7, 11) is 0. The van der Waals surface area contributed by atoms with Gasteiger partial charge in [0.25, 0.3) is 0 Å². The highest BCUT2D eigenvalue weighted by molar-refractivity contribution is 7.09. The summed E-state index contributed by atoms with van der Waals surface area (Å²) in [6.07, 6.45) is 1.30. The number of aromatic hydroxyl groups is 1. The Kier molecular flexibility index (Phi) is 4.45. The van der Waals surface area contributed by atoms with Gasteiger partial charge < -0.3 is 19.3 Å². The number of aldehydes is 1. The molecule has 1 aliphatic heterocycles. The average Bonchev–Trinajstić information content (AvgIpc) is 3.29. The van der Waals surface area contributed by atoms with Gasteiger partial charge in [-0.05, 0) is 29.8 Å². The van der Waals surface area contributed by atoms with Gasteiger partial charge in [-0.1, -0.05) is 6.07 Å². The molecule has 0 aliphatic carbocycles. The number of benzene rings is 2. The second kappa shape index (κ2) is 7.05. The number of phenols is 1. The van der Waals surface area contributed by atoms with Crippen LogP contribution in [0.3, 0.4) is 0 Å². The molecular formula is C19H15NO5S. The first kappa shape index (κ1) is 16.4. The van der Waals surface area contributed by atoms with Crippen LogP contribution in [0.5, 0.6) is 23.0 Å². The molecule has 0 fully saturated rings. The highest BCUT2D eigenvalue weighted by atomic mass is 32.1. The van der Waals surface area contributed by atoms with E-state index in [1.54, 1.807) is 17.4 Å². The molecule has 0 bridgehead atoms. The quantitative estimate of drug-likeness (QED) is 0.670. The van der Waals surface area contributed by atoms with E-state index in [1.807, 2.05) is 23.6 Å². The second-order valence-electron chi connectivity index (χ2n) is 5.72. The maximum absolute atomic E-state index is 10.7. The smallest absolute Gasteiger partial charge is 0.231 e. The van der Waals surface area contributed by atoms with Crippen molar-refractivity contribution in [2.75, 3.05) is 6.79 Å². The molecule has 3 aromatic rings. The van der Waals surface area contributed by atoms with Crippen LogP contribution in [0.15, 0.2) is 41.8 Å². The van der Waals surface area contributed by atoms with Gasteiger partial charge in [0.05, 0.1) is 16.3 Å². The Morgan fingerprint density at radius 1 is 1.19 bits per heavy atom. The third-order valence-corrected chi connectivity index (χ3v) is 4.80. The van der Waals surface area contributed by atoms with Gasteiger partial charge in [0, 0.05) is 17.9 Å². The van der Waals surface area contributed by atoms with Gasteiger partial charge in [0.15, 0.2) is 17.8 Å². The van der Waals surface area contributed by atoms with Gasteiger partial charge in [-0.3, -0.25) is 4.79 Å². The normalized spacial score (nSPS) is 12.2. The Bertz CT molecular complexity index is 953. The zero-order valence-corrected chi connectivity index (χ0v) is 14.5. The molecule has 0 unspecified atom stereocenters. The van der Waals surface area contributed by atoms with E-state index in [9.17, 15) is 9.90 Å². The van der Waals surface area contributed by atoms with Crippen molar-refractivity contribution in [1.82, 2.24) is 4.98 Å². The SMILES string of the molecule is O=Cc1ccc(OCc2csc(Cc3ccc4c(c3)OCO4)n2)cc1O. The highest BCUT2D eigenvalue weighted by Gasteiger charge is 2.14.